The zero-order chi connectivity index (χ0) is 9.97. The number of nitrogen functional groups attached to an aromatic ring is 1. The molecule has 72 valence electrons. The largest absolute Gasteiger partial charge is 0.494 e. The van der Waals surface area contributed by atoms with Crippen LogP contribution in [-0.4, -0.2) is 11.6 Å². The molecule has 0 saturated heterocycles. The Bertz CT molecular complexity index is 454. The van der Waals surface area contributed by atoms with Gasteiger partial charge in [0.25, 0.3) is 0 Å². The first-order chi connectivity index (χ1) is 6.81. The van der Waals surface area contributed by atoms with Crippen LogP contribution >= 0.6 is 0 Å². The van der Waals surface area contributed by atoms with E-state index in [9.17, 15) is 0 Å². The molecule has 1 aromatic carbocycles. The van der Waals surface area contributed by atoms with Crippen molar-refractivity contribution >= 4 is 16.6 Å². The zero-order valence-electron chi connectivity index (χ0n) is 8.03. The van der Waals surface area contributed by atoms with Gasteiger partial charge in [-0.05, 0) is 31.2 Å². The van der Waals surface area contributed by atoms with Crippen LogP contribution in [-0.2, 0) is 0 Å². The maximum absolute atomic E-state index is 5.83. The lowest BCUT2D eigenvalue weighted by Gasteiger charge is -2.05. The molecule has 2 rings (SSSR count). The van der Waals surface area contributed by atoms with Gasteiger partial charge in [-0.2, -0.15) is 0 Å². The predicted molar refractivity (Wildman–Crippen MR) is 57.3 cm³/mol. The third kappa shape index (κ3) is 1.48. The Hall–Kier alpha value is -1.77. The van der Waals surface area contributed by atoms with E-state index in [0.717, 1.165) is 22.3 Å². The number of hydrogen-bond donors (Lipinski definition) is 1. The summed E-state index contributed by atoms with van der Waals surface area (Å²) >= 11 is 0. The van der Waals surface area contributed by atoms with Gasteiger partial charge in [0.05, 0.1) is 12.1 Å². The molecule has 0 aliphatic rings. The number of pyridine rings is 1. The number of ether oxygens (including phenoxy) is 1. The quantitative estimate of drug-likeness (QED) is 0.786. The van der Waals surface area contributed by atoms with Gasteiger partial charge in [0, 0.05) is 17.3 Å². The summed E-state index contributed by atoms with van der Waals surface area (Å²) in [5.41, 5.74) is 7.46. The van der Waals surface area contributed by atoms with Crippen LogP contribution in [0, 0.1) is 0 Å². The van der Waals surface area contributed by atoms with Gasteiger partial charge in [-0.1, -0.05) is 0 Å². The summed E-state index contributed by atoms with van der Waals surface area (Å²) in [5, 5.41) is 0.943. The third-order valence-electron chi connectivity index (χ3n) is 2.06. The van der Waals surface area contributed by atoms with Crippen molar-refractivity contribution in [2.24, 2.45) is 0 Å². The van der Waals surface area contributed by atoms with Crippen molar-refractivity contribution in [3.63, 3.8) is 0 Å². The van der Waals surface area contributed by atoms with Gasteiger partial charge in [-0.25, -0.2) is 0 Å². The summed E-state index contributed by atoms with van der Waals surface area (Å²) in [6.45, 7) is 2.61. The van der Waals surface area contributed by atoms with Crippen molar-refractivity contribution in [3.05, 3.63) is 30.5 Å². The lowest BCUT2D eigenvalue weighted by Crippen LogP contribution is -1.93. The second kappa shape index (κ2) is 3.54. The highest BCUT2D eigenvalue weighted by Crippen LogP contribution is 2.23. The van der Waals surface area contributed by atoms with E-state index in [1.807, 2.05) is 25.1 Å². The van der Waals surface area contributed by atoms with Crippen LogP contribution in [0.4, 0.5) is 5.69 Å². The number of nitrogens with zero attached hydrogens (tertiary/aromatic N) is 1. The van der Waals surface area contributed by atoms with Crippen LogP contribution in [0.3, 0.4) is 0 Å². The monoisotopic (exact) mass is 188 g/mol. The number of anilines is 1. The molecule has 3 heteroatoms. The average Bonchev–Trinajstić information content (AvgIpc) is 2.20. The van der Waals surface area contributed by atoms with Crippen molar-refractivity contribution in [3.8, 4) is 5.75 Å². The standard InChI is InChI=1S/C11H12N2O/c1-2-14-8-3-4-11-9(7-8)10(12)5-6-13-11/h3-7H,2H2,1H3,(H2,12,13). The fraction of sp³-hybridized carbons (Fsp3) is 0.182. The fourth-order valence-electron chi connectivity index (χ4n) is 1.40. The Morgan fingerprint density at radius 2 is 2.21 bits per heavy atom. The Balaban J connectivity index is 2.58. The molecule has 0 fully saturated rings. The highest BCUT2D eigenvalue weighted by atomic mass is 16.5. The molecular weight excluding hydrogens is 176 g/mol. The summed E-state index contributed by atoms with van der Waals surface area (Å²) < 4.78 is 5.39. The molecule has 0 aliphatic carbocycles. The Morgan fingerprint density at radius 1 is 1.36 bits per heavy atom. The SMILES string of the molecule is CCOc1ccc2nccc(N)c2c1. The topological polar surface area (TPSA) is 48.1 Å². The number of hydrogen-bond acceptors (Lipinski definition) is 3. The summed E-state index contributed by atoms with van der Waals surface area (Å²) in [6, 6.07) is 7.52. The molecule has 0 radical (unpaired) electrons. The number of nitrogens with two attached hydrogens (primary N) is 1. The molecule has 2 aromatic rings. The Kier molecular flexibility index (Phi) is 2.23. The van der Waals surface area contributed by atoms with Gasteiger partial charge in [0.15, 0.2) is 0 Å². The molecule has 0 aliphatic heterocycles. The highest BCUT2D eigenvalue weighted by Gasteiger charge is 2.00. The van der Waals surface area contributed by atoms with Gasteiger partial charge < -0.3 is 10.5 Å². The molecule has 2 N–H and O–H groups in total. The second-order valence-corrected chi connectivity index (χ2v) is 3.01. The number of fused-ring (bicyclic) bond motifs is 1. The minimum absolute atomic E-state index is 0.658. The number of aromatic nitrogens is 1. The molecular formula is C11H12N2O. The maximum Gasteiger partial charge on any atom is 0.120 e. The van der Waals surface area contributed by atoms with Gasteiger partial charge in [-0.15, -0.1) is 0 Å². The van der Waals surface area contributed by atoms with E-state index in [-0.39, 0.29) is 0 Å². The zero-order valence-corrected chi connectivity index (χ0v) is 8.03. The van der Waals surface area contributed by atoms with E-state index in [0.29, 0.717) is 6.61 Å². The van der Waals surface area contributed by atoms with Gasteiger partial charge >= 0.3 is 0 Å². The van der Waals surface area contributed by atoms with Gasteiger partial charge in [-0.3, -0.25) is 4.98 Å². The first-order valence-corrected chi connectivity index (χ1v) is 4.58. The first-order valence-electron chi connectivity index (χ1n) is 4.58. The molecule has 0 saturated carbocycles. The average molecular weight is 188 g/mol. The van der Waals surface area contributed by atoms with Crippen LogP contribution in [0.5, 0.6) is 5.75 Å². The molecule has 0 spiro atoms. The molecule has 14 heavy (non-hydrogen) atoms. The summed E-state index contributed by atoms with van der Waals surface area (Å²) in [5.74, 6) is 0.833. The van der Waals surface area contributed by atoms with E-state index in [1.165, 1.54) is 0 Å². The van der Waals surface area contributed by atoms with Crippen molar-refractivity contribution in [1.82, 2.24) is 4.98 Å². The molecule has 0 amide bonds. The van der Waals surface area contributed by atoms with Crippen LogP contribution < -0.4 is 10.5 Å². The molecule has 0 atom stereocenters. The summed E-state index contributed by atoms with van der Waals surface area (Å²) in [7, 11) is 0. The van der Waals surface area contributed by atoms with E-state index in [1.54, 1.807) is 12.3 Å². The molecule has 0 unspecified atom stereocenters. The molecule has 1 heterocycles. The van der Waals surface area contributed by atoms with Crippen molar-refractivity contribution in [2.45, 2.75) is 6.92 Å². The summed E-state index contributed by atoms with van der Waals surface area (Å²) in [4.78, 5) is 4.21. The van der Waals surface area contributed by atoms with E-state index in [2.05, 4.69) is 4.98 Å². The van der Waals surface area contributed by atoms with E-state index < -0.39 is 0 Å². The lowest BCUT2D eigenvalue weighted by molar-refractivity contribution is 0.340. The van der Waals surface area contributed by atoms with Crippen LogP contribution in [0.25, 0.3) is 10.9 Å². The number of rotatable bonds is 2. The van der Waals surface area contributed by atoms with Crippen LogP contribution in [0.1, 0.15) is 6.92 Å². The highest BCUT2D eigenvalue weighted by molar-refractivity contribution is 5.90. The minimum atomic E-state index is 0.658. The van der Waals surface area contributed by atoms with E-state index in [4.69, 9.17) is 10.5 Å². The molecule has 0 bridgehead atoms. The van der Waals surface area contributed by atoms with E-state index >= 15 is 0 Å². The molecule has 1 aromatic heterocycles. The Morgan fingerprint density at radius 3 is 3.00 bits per heavy atom. The van der Waals surface area contributed by atoms with Crippen LogP contribution in [0.15, 0.2) is 30.5 Å². The lowest BCUT2D eigenvalue weighted by atomic mass is 10.2. The normalized spacial score (nSPS) is 10.4. The predicted octanol–water partition coefficient (Wildman–Crippen LogP) is 2.22. The van der Waals surface area contributed by atoms with Gasteiger partial charge in [0.2, 0.25) is 0 Å². The fourth-order valence-corrected chi connectivity index (χ4v) is 1.40. The van der Waals surface area contributed by atoms with Gasteiger partial charge in [0.1, 0.15) is 5.75 Å². The second-order valence-electron chi connectivity index (χ2n) is 3.01. The number of benzene rings is 1. The first kappa shape index (κ1) is 8.81. The smallest absolute Gasteiger partial charge is 0.120 e. The van der Waals surface area contributed by atoms with Crippen LogP contribution in [0.2, 0.25) is 0 Å². The summed E-state index contributed by atoms with van der Waals surface area (Å²) in [6.07, 6.45) is 1.71. The van der Waals surface area contributed by atoms with Crippen molar-refractivity contribution in [2.75, 3.05) is 12.3 Å². The van der Waals surface area contributed by atoms with Crippen molar-refractivity contribution < 1.29 is 4.74 Å². The third-order valence-corrected chi connectivity index (χ3v) is 2.06. The Labute approximate surface area is 82.5 Å². The van der Waals surface area contributed by atoms with Crippen molar-refractivity contribution in [1.29, 1.82) is 0 Å². The minimum Gasteiger partial charge on any atom is -0.494 e. The maximum atomic E-state index is 5.83. The molecule has 3 nitrogen and oxygen atoms in total.